The summed E-state index contributed by atoms with van der Waals surface area (Å²) in [7, 11) is 0. The minimum absolute atomic E-state index is 0.0800. The van der Waals surface area contributed by atoms with Crippen molar-refractivity contribution in [3.63, 3.8) is 0 Å². The van der Waals surface area contributed by atoms with E-state index in [1.165, 1.54) is 0 Å². The standard InChI is InChI=1S/C18H22N2O3/c21-17-6-7-20(9-8-19-10-12-22-13-11-19)14-18(17)23-15-16-4-2-1-3-5-16/h1-7,14H,8-13,15H2. The summed E-state index contributed by atoms with van der Waals surface area (Å²) in [5, 5.41) is 0. The molecule has 1 fully saturated rings. The highest BCUT2D eigenvalue weighted by Gasteiger charge is 2.10. The summed E-state index contributed by atoms with van der Waals surface area (Å²) in [5.41, 5.74) is 0.971. The summed E-state index contributed by atoms with van der Waals surface area (Å²) in [6, 6.07) is 11.4. The van der Waals surface area contributed by atoms with Crippen molar-refractivity contribution < 1.29 is 9.47 Å². The molecule has 122 valence electrons. The van der Waals surface area contributed by atoms with E-state index in [0.717, 1.165) is 45.0 Å². The van der Waals surface area contributed by atoms with E-state index in [1.54, 1.807) is 12.3 Å². The Bertz CT molecular complexity index is 663. The highest BCUT2D eigenvalue weighted by Crippen LogP contribution is 2.08. The zero-order valence-electron chi connectivity index (χ0n) is 13.2. The van der Waals surface area contributed by atoms with Crippen LogP contribution in [0.25, 0.3) is 0 Å². The maximum atomic E-state index is 11.9. The first kappa shape index (κ1) is 15.8. The van der Waals surface area contributed by atoms with E-state index in [4.69, 9.17) is 9.47 Å². The Morgan fingerprint density at radius 2 is 1.83 bits per heavy atom. The number of hydrogen-bond acceptors (Lipinski definition) is 4. The number of pyridine rings is 1. The molecule has 5 nitrogen and oxygen atoms in total. The maximum absolute atomic E-state index is 11.9. The van der Waals surface area contributed by atoms with E-state index >= 15 is 0 Å². The smallest absolute Gasteiger partial charge is 0.223 e. The molecule has 0 amide bonds. The van der Waals surface area contributed by atoms with Gasteiger partial charge in [-0.15, -0.1) is 0 Å². The highest BCUT2D eigenvalue weighted by molar-refractivity contribution is 5.19. The SMILES string of the molecule is O=c1ccn(CCN2CCOCC2)cc1OCc1ccccc1. The van der Waals surface area contributed by atoms with Gasteiger partial charge in [-0.3, -0.25) is 9.69 Å². The van der Waals surface area contributed by atoms with Gasteiger partial charge in [0.1, 0.15) is 6.61 Å². The molecule has 2 heterocycles. The highest BCUT2D eigenvalue weighted by atomic mass is 16.5. The van der Waals surface area contributed by atoms with Crippen molar-refractivity contribution in [3.8, 4) is 5.75 Å². The van der Waals surface area contributed by atoms with Crippen LogP contribution < -0.4 is 10.2 Å². The fourth-order valence-corrected chi connectivity index (χ4v) is 2.57. The molecule has 0 aliphatic carbocycles. The van der Waals surface area contributed by atoms with E-state index in [1.807, 2.05) is 41.1 Å². The molecular weight excluding hydrogens is 292 g/mol. The predicted octanol–water partition coefficient (Wildman–Crippen LogP) is 1.76. The van der Waals surface area contributed by atoms with Gasteiger partial charge in [0, 0.05) is 38.4 Å². The Morgan fingerprint density at radius 1 is 1.04 bits per heavy atom. The topological polar surface area (TPSA) is 43.7 Å². The number of nitrogens with zero attached hydrogens (tertiary/aromatic N) is 2. The zero-order valence-corrected chi connectivity index (χ0v) is 13.2. The van der Waals surface area contributed by atoms with Gasteiger partial charge in [-0.1, -0.05) is 30.3 Å². The first-order chi connectivity index (χ1) is 11.3. The summed E-state index contributed by atoms with van der Waals surface area (Å²) in [5.74, 6) is 0.401. The largest absolute Gasteiger partial charge is 0.483 e. The number of rotatable bonds is 6. The minimum Gasteiger partial charge on any atom is -0.483 e. The average Bonchev–Trinajstić information content (AvgIpc) is 2.62. The maximum Gasteiger partial charge on any atom is 0.223 e. The molecule has 3 rings (SSSR count). The Labute approximate surface area is 136 Å². The van der Waals surface area contributed by atoms with Gasteiger partial charge < -0.3 is 14.0 Å². The van der Waals surface area contributed by atoms with Crippen LogP contribution in [0.3, 0.4) is 0 Å². The van der Waals surface area contributed by atoms with Crippen LogP contribution >= 0.6 is 0 Å². The van der Waals surface area contributed by atoms with Crippen molar-refractivity contribution in [2.45, 2.75) is 13.2 Å². The van der Waals surface area contributed by atoms with Gasteiger partial charge in [-0.2, -0.15) is 0 Å². The number of morpholine rings is 1. The van der Waals surface area contributed by atoms with Crippen molar-refractivity contribution in [1.29, 1.82) is 0 Å². The molecule has 0 bridgehead atoms. The fourth-order valence-electron chi connectivity index (χ4n) is 2.57. The van der Waals surface area contributed by atoms with Gasteiger partial charge in [0.05, 0.1) is 19.4 Å². The van der Waals surface area contributed by atoms with Crippen LogP contribution in [0.1, 0.15) is 5.56 Å². The minimum atomic E-state index is -0.0800. The second kappa shape index (κ2) is 7.94. The van der Waals surface area contributed by atoms with Crippen LogP contribution in [0.15, 0.2) is 53.6 Å². The Balaban J connectivity index is 1.58. The third kappa shape index (κ3) is 4.68. The monoisotopic (exact) mass is 314 g/mol. The van der Waals surface area contributed by atoms with Crippen molar-refractivity contribution in [1.82, 2.24) is 9.47 Å². The zero-order chi connectivity index (χ0) is 15.9. The third-order valence-electron chi connectivity index (χ3n) is 3.96. The summed E-state index contributed by atoms with van der Waals surface area (Å²) in [6.45, 7) is 5.73. The van der Waals surface area contributed by atoms with Crippen molar-refractivity contribution in [2.75, 3.05) is 32.8 Å². The average molecular weight is 314 g/mol. The van der Waals surface area contributed by atoms with Crippen molar-refractivity contribution >= 4 is 0 Å². The van der Waals surface area contributed by atoms with Gasteiger partial charge in [0.15, 0.2) is 5.75 Å². The van der Waals surface area contributed by atoms with Crippen LogP contribution in [0.2, 0.25) is 0 Å². The number of hydrogen-bond donors (Lipinski definition) is 0. The van der Waals surface area contributed by atoms with Gasteiger partial charge in [0.2, 0.25) is 5.43 Å². The first-order valence-corrected chi connectivity index (χ1v) is 7.98. The molecule has 23 heavy (non-hydrogen) atoms. The molecule has 0 radical (unpaired) electrons. The summed E-state index contributed by atoms with van der Waals surface area (Å²) < 4.78 is 13.1. The van der Waals surface area contributed by atoms with Crippen LogP contribution in [-0.4, -0.2) is 42.3 Å². The van der Waals surface area contributed by atoms with E-state index < -0.39 is 0 Å². The second-order valence-corrected chi connectivity index (χ2v) is 5.64. The lowest BCUT2D eigenvalue weighted by Gasteiger charge is -2.26. The molecule has 2 aromatic rings. The molecule has 1 aliphatic rings. The molecule has 0 saturated carbocycles. The molecule has 1 aromatic heterocycles. The molecule has 0 N–H and O–H groups in total. The molecule has 1 aromatic carbocycles. The van der Waals surface area contributed by atoms with E-state index in [0.29, 0.717) is 12.4 Å². The molecule has 1 saturated heterocycles. The van der Waals surface area contributed by atoms with Crippen molar-refractivity contribution in [2.24, 2.45) is 0 Å². The summed E-state index contributed by atoms with van der Waals surface area (Å²) in [6.07, 6.45) is 3.61. The van der Waals surface area contributed by atoms with E-state index in [2.05, 4.69) is 4.90 Å². The van der Waals surface area contributed by atoms with Gasteiger partial charge in [-0.05, 0) is 5.56 Å². The van der Waals surface area contributed by atoms with Gasteiger partial charge in [-0.25, -0.2) is 0 Å². The van der Waals surface area contributed by atoms with Crippen LogP contribution in [0.4, 0.5) is 0 Å². The number of benzene rings is 1. The Morgan fingerprint density at radius 3 is 2.61 bits per heavy atom. The molecule has 0 atom stereocenters. The predicted molar refractivity (Wildman–Crippen MR) is 88.7 cm³/mol. The lowest BCUT2D eigenvalue weighted by atomic mass is 10.2. The first-order valence-electron chi connectivity index (χ1n) is 7.98. The quantitative estimate of drug-likeness (QED) is 0.815. The molecule has 0 unspecified atom stereocenters. The normalized spacial score (nSPS) is 15.5. The Hall–Kier alpha value is -2.11. The van der Waals surface area contributed by atoms with Crippen LogP contribution in [0, 0.1) is 0 Å². The van der Waals surface area contributed by atoms with Gasteiger partial charge in [0.25, 0.3) is 0 Å². The Kier molecular flexibility index (Phi) is 5.45. The summed E-state index contributed by atoms with van der Waals surface area (Å²) in [4.78, 5) is 14.3. The van der Waals surface area contributed by atoms with Gasteiger partial charge >= 0.3 is 0 Å². The summed E-state index contributed by atoms with van der Waals surface area (Å²) >= 11 is 0. The molecule has 0 spiro atoms. The molecule has 5 heteroatoms. The third-order valence-corrected chi connectivity index (χ3v) is 3.96. The van der Waals surface area contributed by atoms with Crippen LogP contribution in [0.5, 0.6) is 5.75 Å². The lowest BCUT2D eigenvalue weighted by Crippen LogP contribution is -2.38. The number of ether oxygens (including phenoxy) is 2. The van der Waals surface area contributed by atoms with E-state index in [-0.39, 0.29) is 5.43 Å². The molecule has 1 aliphatic heterocycles. The van der Waals surface area contributed by atoms with E-state index in [9.17, 15) is 4.79 Å². The fraction of sp³-hybridized carbons (Fsp3) is 0.389. The van der Waals surface area contributed by atoms with Crippen molar-refractivity contribution in [3.05, 3.63) is 64.6 Å². The molecular formula is C18H22N2O3. The number of aromatic nitrogens is 1. The van der Waals surface area contributed by atoms with Crippen LogP contribution in [-0.2, 0) is 17.9 Å². The second-order valence-electron chi connectivity index (χ2n) is 5.64. The lowest BCUT2D eigenvalue weighted by molar-refractivity contribution is 0.0363.